The molecule has 2 aliphatic rings. The molecule has 0 radical (unpaired) electrons. The minimum absolute atomic E-state index is 0.0543. The average Bonchev–Trinajstić information content (AvgIpc) is 3.76. The Balaban J connectivity index is 1.11. The van der Waals surface area contributed by atoms with Crippen molar-refractivity contribution in [2.75, 3.05) is 18.4 Å². The van der Waals surface area contributed by atoms with Crippen molar-refractivity contribution in [3.8, 4) is 11.8 Å². The monoisotopic (exact) mass is 559 g/mol. The van der Waals surface area contributed by atoms with Crippen molar-refractivity contribution in [3.05, 3.63) is 95.3 Å². The number of aromatic nitrogens is 2. The molecule has 0 aliphatic carbocycles. The lowest BCUT2D eigenvalue weighted by molar-refractivity contribution is -0.134. The number of likely N-dealkylation sites (tertiary alicyclic amines) is 2. The number of nitrogens with zero attached hydrogens (tertiary/aromatic N) is 3. The number of carbonyl (C=O) groups is 3. The standard InChI is InChI=1S/C34H33N5O3/c1-23(40)38-19-6-10-31(38)34(42)35-27-16-13-24(14-17-27)11-12-26-15-18-28-29(21-26)37-33(36-28)30-9-5-20-39(30)32(41)22-25-7-3-2-4-8-25/h2-4,7-8,13-18,21,30-31H,5-6,9-10,19-20,22H2,1H3,(H,35,42)(H,36,37)/t30-,31-/m0/s1. The Bertz CT molecular complexity index is 1680. The lowest BCUT2D eigenvalue weighted by atomic mass is 10.1. The molecule has 3 aromatic carbocycles. The van der Waals surface area contributed by atoms with Crippen molar-refractivity contribution in [2.24, 2.45) is 0 Å². The highest BCUT2D eigenvalue weighted by Crippen LogP contribution is 2.32. The zero-order valence-electron chi connectivity index (χ0n) is 23.6. The Morgan fingerprint density at radius 2 is 1.62 bits per heavy atom. The van der Waals surface area contributed by atoms with E-state index in [1.807, 2.05) is 77.7 Å². The maximum atomic E-state index is 13.1. The molecule has 3 heterocycles. The van der Waals surface area contributed by atoms with Crippen LogP contribution in [0.3, 0.4) is 0 Å². The molecule has 2 aliphatic heterocycles. The van der Waals surface area contributed by atoms with Crippen LogP contribution in [0, 0.1) is 11.8 Å². The number of imidazole rings is 1. The van der Waals surface area contributed by atoms with Gasteiger partial charge in [0.2, 0.25) is 17.7 Å². The summed E-state index contributed by atoms with van der Waals surface area (Å²) in [5.74, 6) is 7.11. The van der Waals surface area contributed by atoms with Gasteiger partial charge < -0.3 is 20.1 Å². The molecule has 0 spiro atoms. The first-order valence-corrected chi connectivity index (χ1v) is 14.5. The number of hydrogen-bond donors (Lipinski definition) is 2. The van der Waals surface area contributed by atoms with E-state index in [9.17, 15) is 14.4 Å². The summed E-state index contributed by atoms with van der Waals surface area (Å²) in [7, 11) is 0. The number of H-pyrrole nitrogens is 1. The first-order valence-electron chi connectivity index (χ1n) is 14.5. The van der Waals surface area contributed by atoms with E-state index in [0.29, 0.717) is 25.1 Å². The minimum atomic E-state index is -0.411. The molecule has 8 nitrogen and oxygen atoms in total. The molecule has 4 aromatic rings. The molecule has 42 heavy (non-hydrogen) atoms. The molecular weight excluding hydrogens is 526 g/mol. The van der Waals surface area contributed by atoms with Gasteiger partial charge in [0.25, 0.3) is 0 Å². The molecule has 2 fully saturated rings. The lowest BCUT2D eigenvalue weighted by Crippen LogP contribution is -2.42. The van der Waals surface area contributed by atoms with Gasteiger partial charge in [0.1, 0.15) is 11.9 Å². The summed E-state index contributed by atoms with van der Waals surface area (Å²) in [6.45, 7) is 2.87. The van der Waals surface area contributed by atoms with E-state index in [1.54, 1.807) is 4.90 Å². The fourth-order valence-corrected chi connectivity index (χ4v) is 5.91. The summed E-state index contributed by atoms with van der Waals surface area (Å²) in [5.41, 5.74) is 5.11. The number of carbonyl (C=O) groups excluding carboxylic acids is 3. The van der Waals surface area contributed by atoms with Crippen molar-refractivity contribution < 1.29 is 14.4 Å². The fourth-order valence-electron chi connectivity index (χ4n) is 5.91. The summed E-state index contributed by atoms with van der Waals surface area (Å²) >= 11 is 0. The number of fused-ring (bicyclic) bond motifs is 1. The summed E-state index contributed by atoms with van der Waals surface area (Å²) in [6, 6.07) is 22.7. The highest BCUT2D eigenvalue weighted by Gasteiger charge is 2.33. The van der Waals surface area contributed by atoms with Gasteiger partial charge in [-0.1, -0.05) is 42.2 Å². The Hall–Kier alpha value is -4.90. The molecule has 212 valence electrons. The minimum Gasteiger partial charge on any atom is -0.340 e. The summed E-state index contributed by atoms with van der Waals surface area (Å²) in [6.07, 6.45) is 3.76. The van der Waals surface area contributed by atoms with Gasteiger partial charge in [0.15, 0.2) is 0 Å². The molecule has 0 unspecified atom stereocenters. The van der Waals surface area contributed by atoms with Crippen LogP contribution in [-0.4, -0.2) is 56.6 Å². The predicted molar refractivity (Wildman–Crippen MR) is 161 cm³/mol. The molecule has 2 saturated heterocycles. The highest BCUT2D eigenvalue weighted by atomic mass is 16.2. The normalized spacial score (nSPS) is 18.1. The number of rotatable bonds is 5. The van der Waals surface area contributed by atoms with E-state index in [0.717, 1.165) is 59.4 Å². The van der Waals surface area contributed by atoms with Gasteiger partial charge in [-0.2, -0.15) is 0 Å². The first kappa shape index (κ1) is 27.3. The molecule has 2 N–H and O–H groups in total. The lowest BCUT2D eigenvalue weighted by Gasteiger charge is -2.23. The molecule has 2 atom stereocenters. The van der Waals surface area contributed by atoms with E-state index in [-0.39, 0.29) is 23.8 Å². The number of benzene rings is 3. The Morgan fingerprint density at radius 1 is 0.905 bits per heavy atom. The molecule has 3 amide bonds. The summed E-state index contributed by atoms with van der Waals surface area (Å²) < 4.78 is 0. The summed E-state index contributed by atoms with van der Waals surface area (Å²) in [5, 5.41) is 2.92. The Labute approximate surface area is 245 Å². The maximum absolute atomic E-state index is 13.1. The molecule has 8 heteroatoms. The van der Waals surface area contributed by atoms with Crippen LogP contribution >= 0.6 is 0 Å². The van der Waals surface area contributed by atoms with Crippen molar-refractivity contribution in [3.63, 3.8) is 0 Å². The second kappa shape index (κ2) is 11.9. The van der Waals surface area contributed by atoms with Crippen LogP contribution in [-0.2, 0) is 20.8 Å². The number of amides is 3. The van der Waals surface area contributed by atoms with E-state index in [4.69, 9.17) is 4.98 Å². The molecular formula is C34H33N5O3. The van der Waals surface area contributed by atoms with Crippen LogP contribution in [0.1, 0.15) is 61.2 Å². The van der Waals surface area contributed by atoms with Crippen molar-refractivity contribution in [1.82, 2.24) is 19.8 Å². The van der Waals surface area contributed by atoms with Crippen LogP contribution < -0.4 is 5.32 Å². The van der Waals surface area contributed by atoms with Crippen LogP contribution in [0.5, 0.6) is 0 Å². The van der Waals surface area contributed by atoms with Gasteiger partial charge in [-0.05, 0) is 73.7 Å². The van der Waals surface area contributed by atoms with Gasteiger partial charge in [-0.15, -0.1) is 0 Å². The average molecular weight is 560 g/mol. The van der Waals surface area contributed by atoms with E-state index in [2.05, 4.69) is 22.1 Å². The third kappa shape index (κ3) is 5.91. The van der Waals surface area contributed by atoms with Crippen LogP contribution in [0.25, 0.3) is 11.0 Å². The van der Waals surface area contributed by atoms with Crippen LogP contribution in [0.15, 0.2) is 72.8 Å². The molecule has 0 saturated carbocycles. The quantitative estimate of drug-likeness (QED) is 0.343. The van der Waals surface area contributed by atoms with Crippen LogP contribution in [0.2, 0.25) is 0 Å². The SMILES string of the molecule is CC(=O)N1CCC[C@H]1C(=O)Nc1ccc(C#Cc2ccc3nc([C@@H]4CCCN4C(=O)Cc4ccccc4)[nH]c3c2)cc1. The van der Waals surface area contributed by atoms with E-state index < -0.39 is 6.04 Å². The van der Waals surface area contributed by atoms with E-state index in [1.165, 1.54) is 6.92 Å². The van der Waals surface area contributed by atoms with E-state index >= 15 is 0 Å². The molecule has 6 rings (SSSR count). The second-order valence-electron chi connectivity index (χ2n) is 10.9. The fraction of sp³-hybridized carbons (Fsp3) is 0.294. The topological polar surface area (TPSA) is 98.4 Å². The third-order valence-corrected chi connectivity index (χ3v) is 8.05. The maximum Gasteiger partial charge on any atom is 0.247 e. The molecule has 0 bridgehead atoms. The molecule has 1 aromatic heterocycles. The number of nitrogens with one attached hydrogen (secondary N) is 2. The zero-order valence-corrected chi connectivity index (χ0v) is 23.6. The predicted octanol–water partition coefficient (Wildman–Crippen LogP) is 4.82. The summed E-state index contributed by atoms with van der Waals surface area (Å²) in [4.78, 5) is 49.4. The van der Waals surface area contributed by atoms with Crippen molar-refractivity contribution >= 4 is 34.4 Å². The smallest absolute Gasteiger partial charge is 0.247 e. The van der Waals surface area contributed by atoms with Gasteiger partial charge >= 0.3 is 0 Å². The number of anilines is 1. The van der Waals surface area contributed by atoms with Gasteiger partial charge in [-0.25, -0.2) is 4.98 Å². The Kier molecular flexibility index (Phi) is 7.74. The van der Waals surface area contributed by atoms with Gasteiger partial charge in [0, 0.05) is 36.8 Å². The second-order valence-corrected chi connectivity index (χ2v) is 10.9. The third-order valence-electron chi connectivity index (χ3n) is 8.05. The number of aromatic amines is 1. The Morgan fingerprint density at radius 3 is 2.40 bits per heavy atom. The zero-order chi connectivity index (χ0) is 29.1. The van der Waals surface area contributed by atoms with Gasteiger partial charge in [0.05, 0.1) is 23.5 Å². The first-order chi connectivity index (χ1) is 20.4. The largest absolute Gasteiger partial charge is 0.340 e. The van der Waals surface area contributed by atoms with Crippen molar-refractivity contribution in [2.45, 2.75) is 51.1 Å². The highest BCUT2D eigenvalue weighted by molar-refractivity contribution is 5.97. The van der Waals surface area contributed by atoms with Crippen molar-refractivity contribution in [1.29, 1.82) is 0 Å². The number of hydrogen-bond acceptors (Lipinski definition) is 4. The van der Waals surface area contributed by atoms with Gasteiger partial charge in [-0.3, -0.25) is 14.4 Å². The van der Waals surface area contributed by atoms with Crippen LogP contribution in [0.4, 0.5) is 5.69 Å².